The summed E-state index contributed by atoms with van der Waals surface area (Å²) in [5.41, 5.74) is 0.961. The van der Waals surface area contributed by atoms with Crippen molar-refractivity contribution >= 4 is 29.2 Å². The number of likely N-dealkylation sites (tertiary alicyclic amines) is 1. The van der Waals surface area contributed by atoms with E-state index in [1.807, 2.05) is 0 Å². The zero-order valence-electron chi connectivity index (χ0n) is 18.8. The van der Waals surface area contributed by atoms with Crippen molar-refractivity contribution in [1.29, 1.82) is 0 Å². The van der Waals surface area contributed by atoms with Gasteiger partial charge in [-0.1, -0.05) is 28.8 Å². The summed E-state index contributed by atoms with van der Waals surface area (Å²) in [7, 11) is 0. The Morgan fingerprint density at radius 3 is 2.56 bits per heavy atom. The molecule has 1 aromatic heterocycles. The van der Waals surface area contributed by atoms with Crippen LogP contribution in [-0.4, -0.2) is 46.2 Å². The average Bonchev–Trinajstić information content (AvgIpc) is 3.53. The molecule has 1 aliphatic carbocycles. The molecule has 0 radical (unpaired) electrons. The fraction of sp³-hybridized carbons (Fsp3) is 0.400. The molecule has 0 spiro atoms. The van der Waals surface area contributed by atoms with Crippen molar-refractivity contribution in [3.63, 3.8) is 0 Å². The topological polar surface area (TPSA) is 83.3 Å². The molecule has 2 aromatic carbocycles. The number of carbonyl (C=O) groups is 1. The summed E-state index contributed by atoms with van der Waals surface area (Å²) in [5.74, 6) is -0.839. The van der Waals surface area contributed by atoms with E-state index < -0.39 is 11.7 Å². The van der Waals surface area contributed by atoms with Crippen molar-refractivity contribution in [2.75, 3.05) is 23.7 Å². The first kappa shape index (κ1) is 22.8. The molecular formula is C25H27ClFN5O2. The summed E-state index contributed by atoms with van der Waals surface area (Å²) in [5, 5.41) is 14.6. The first-order valence-electron chi connectivity index (χ1n) is 11.8. The molecule has 2 N–H and O–H groups in total. The summed E-state index contributed by atoms with van der Waals surface area (Å²) >= 11 is 6.43. The maximum absolute atomic E-state index is 13.8. The molecule has 2 fully saturated rings. The lowest BCUT2D eigenvalue weighted by atomic mass is 9.90. The minimum atomic E-state index is -0.585. The van der Waals surface area contributed by atoms with Crippen LogP contribution >= 0.6 is 11.6 Å². The van der Waals surface area contributed by atoms with Crippen molar-refractivity contribution in [1.82, 2.24) is 15.1 Å². The van der Waals surface area contributed by atoms with Gasteiger partial charge in [-0.15, -0.1) is 5.10 Å². The second kappa shape index (κ2) is 10.1. The van der Waals surface area contributed by atoms with E-state index in [9.17, 15) is 9.18 Å². The average molecular weight is 484 g/mol. The highest BCUT2D eigenvalue weighted by molar-refractivity contribution is 6.33. The maximum atomic E-state index is 13.8. The lowest BCUT2D eigenvalue weighted by Gasteiger charge is -2.34. The number of anilines is 2. The molecule has 1 saturated heterocycles. The van der Waals surface area contributed by atoms with Crippen LogP contribution < -0.4 is 10.6 Å². The Bertz CT molecular complexity index is 1160. The molecule has 0 atom stereocenters. The largest absolute Gasteiger partial charge is 0.403 e. The van der Waals surface area contributed by atoms with Gasteiger partial charge >= 0.3 is 6.01 Å². The number of hydrogen-bond acceptors (Lipinski definition) is 6. The first-order chi connectivity index (χ1) is 16.6. The van der Waals surface area contributed by atoms with E-state index in [4.69, 9.17) is 16.0 Å². The zero-order chi connectivity index (χ0) is 23.5. The Morgan fingerprint density at radius 2 is 1.82 bits per heavy atom. The second-order valence-corrected chi connectivity index (χ2v) is 9.34. The first-order valence-corrected chi connectivity index (χ1v) is 12.1. The highest BCUT2D eigenvalue weighted by atomic mass is 35.5. The molecular weight excluding hydrogens is 457 g/mol. The van der Waals surface area contributed by atoms with Crippen molar-refractivity contribution in [2.24, 2.45) is 0 Å². The van der Waals surface area contributed by atoms with E-state index in [0.717, 1.165) is 12.8 Å². The number of carbonyl (C=O) groups excluding carboxylic acids is 1. The van der Waals surface area contributed by atoms with Gasteiger partial charge in [-0.2, -0.15) is 0 Å². The summed E-state index contributed by atoms with van der Waals surface area (Å²) in [6, 6.07) is 12.1. The number of nitrogens with zero attached hydrogens (tertiary/aromatic N) is 3. The molecule has 1 saturated carbocycles. The van der Waals surface area contributed by atoms with Crippen LogP contribution in [0, 0.1) is 5.82 Å². The van der Waals surface area contributed by atoms with E-state index >= 15 is 0 Å². The highest BCUT2D eigenvalue weighted by Gasteiger charge is 2.28. The Labute approximate surface area is 202 Å². The number of amides is 1. The molecule has 3 aromatic rings. The molecule has 5 rings (SSSR count). The Kier molecular flexibility index (Phi) is 6.78. The molecule has 0 bridgehead atoms. The summed E-state index contributed by atoms with van der Waals surface area (Å²) in [4.78, 5) is 15.0. The van der Waals surface area contributed by atoms with Gasteiger partial charge in [0.1, 0.15) is 5.82 Å². The molecule has 34 heavy (non-hydrogen) atoms. The van der Waals surface area contributed by atoms with Gasteiger partial charge in [0, 0.05) is 17.8 Å². The third-order valence-electron chi connectivity index (χ3n) is 6.68. The van der Waals surface area contributed by atoms with Crippen LogP contribution in [0.4, 0.5) is 16.1 Å². The molecule has 1 amide bonds. The van der Waals surface area contributed by atoms with Crippen LogP contribution in [0.15, 0.2) is 46.9 Å². The lowest BCUT2D eigenvalue weighted by molar-refractivity contribution is 0.102. The highest BCUT2D eigenvalue weighted by Crippen LogP contribution is 2.32. The normalized spacial score (nSPS) is 20.9. The quantitative estimate of drug-likeness (QED) is 0.475. The number of rotatable bonds is 6. The number of hydrogen-bond donors (Lipinski definition) is 2. The Hall–Kier alpha value is -2.97. The molecule has 7 nitrogen and oxygen atoms in total. The lowest BCUT2D eigenvalue weighted by Crippen LogP contribution is -2.38. The second-order valence-electron chi connectivity index (χ2n) is 8.93. The van der Waals surface area contributed by atoms with E-state index in [0.29, 0.717) is 40.3 Å². The number of benzene rings is 2. The smallest absolute Gasteiger partial charge is 0.315 e. The fourth-order valence-electron chi connectivity index (χ4n) is 4.87. The van der Waals surface area contributed by atoms with Crippen LogP contribution in [0.5, 0.6) is 0 Å². The van der Waals surface area contributed by atoms with E-state index in [1.54, 1.807) is 24.3 Å². The summed E-state index contributed by atoms with van der Waals surface area (Å²) < 4.78 is 19.7. The van der Waals surface area contributed by atoms with Gasteiger partial charge in [0.15, 0.2) is 0 Å². The van der Waals surface area contributed by atoms with Gasteiger partial charge in [-0.3, -0.25) is 4.79 Å². The predicted octanol–water partition coefficient (Wildman–Crippen LogP) is 5.60. The molecule has 1 aliphatic heterocycles. The molecule has 2 heterocycles. The van der Waals surface area contributed by atoms with E-state index in [1.165, 1.54) is 57.0 Å². The van der Waals surface area contributed by atoms with Crippen LogP contribution in [0.1, 0.15) is 48.9 Å². The van der Waals surface area contributed by atoms with E-state index in [-0.39, 0.29) is 5.56 Å². The molecule has 9 heteroatoms. The number of halogens is 2. The zero-order valence-corrected chi connectivity index (χ0v) is 19.5. The van der Waals surface area contributed by atoms with Gasteiger partial charge in [0.25, 0.3) is 11.8 Å². The van der Waals surface area contributed by atoms with E-state index in [2.05, 4.69) is 25.7 Å². The fourth-order valence-corrected chi connectivity index (χ4v) is 5.13. The van der Waals surface area contributed by atoms with Crippen LogP contribution in [0.3, 0.4) is 0 Å². The monoisotopic (exact) mass is 483 g/mol. The van der Waals surface area contributed by atoms with Gasteiger partial charge < -0.3 is 20.0 Å². The predicted molar refractivity (Wildman–Crippen MR) is 130 cm³/mol. The minimum Gasteiger partial charge on any atom is -0.403 e. The standard InChI is InChI=1S/C25H27ClFN5O2/c26-21-15-17(28-23(33)20-5-1-2-6-22(20)27)9-12-19(21)24-30-31-25(34-24)29-16-7-10-18(11-8-16)32-13-3-4-14-32/h1-2,5-6,9,12,15-16,18H,3-4,7-8,10-11,13-14H2,(H,28,33)(H,29,31). The maximum Gasteiger partial charge on any atom is 0.315 e. The van der Waals surface area contributed by atoms with Crippen LogP contribution in [0.25, 0.3) is 11.5 Å². The van der Waals surface area contributed by atoms with Crippen LogP contribution in [0.2, 0.25) is 5.02 Å². The number of aromatic nitrogens is 2. The molecule has 0 unspecified atom stereocenters. The third-order valence-corrected chi connectivity index (χ3v) is 6.99. The van der Waals surface area contributed by atoms with Crippen molar-refractivity contribution in [2.45, 2.75) is 50.6 Å². The van der Waals surface area contributed by atoms with Crippen molar-refractivity contribution in [3.05, 3.63) is 58.9 Å². The van der Waals surface area contributed by atoms with Gasteiger partial charge in [-0.25, -0.2) is 4.39 Å². The van der Waals surface area contributed by atoms with Gasteiger partial charge in [0.05, 0.1) is 16.1 Å². The SMILES string of the molecule is O=C(Nc1ccc(-c2nnc(NC3CCC(N4CCCC4)CC3)o2)c(Cl)c1)c1ccccc1F. The van der Waals surface area contributed by atoms with Gasteiger partial charge in [-0.05, 0) is 81.9 Å². The number of nitrogens with one attached hydrogen (secondary N) is 2. The van der Waals surface area contributed by atoms with Crippen LogP contribution in [-0.2, 0) is 0 Å². The molecule has 2 aliphatic rings. The van der Waals surface area contributed by atoms with Gasteiger partial charge in [0.2, 0.25) is 0 Å². The Balaban J connectivity index is 1.19. The summed E-state index contributed by atoms with van der Waals surface area (Å²) in [6.07, 6.45) is 7.18. The van der Waals surface area contributed by atoms with Crippen molar-refractivity contribution in [3.8, 4) is 11.5 Å². The molecule has 178 valence electrons. The minimum absolute atomic E-state index is 0.0372. The third kappa shape index (κ3) is 5.08. The van der Waals surface area contributed by atoms with Crippen molar-refractivity contribution < 1.29 is 13.6 Å². The summed E-state index contributed by atoms with van der Waals surface area (Å²) in [6.45, 7) is 2.48. The Morgan fingerprint density at radius 1 is 1.06 bits per heavy atom.